The van der Waals surface area contributed by atoms with E-state index >= 15 is 0 Å². The van der Waals surface area contributed by atoms with Gasteiger partial charge in [0.25, 0.3) is 5.91 Å². The van der Waals surface area contributed by atoms with Crippen molar-refractivity contribution in [3.8, 4) is 11.1 Å². The summed E-state index contributed by atoms with van der Waals surface area (Å²) >= 11 is 0. The highest BCUT2D eigenvalue weighted by Crippen LogP contribution is 2.38. The Morgan fingerprint density at radius 2 is 1.88 bits per heavy atom. The number of carbonyl (C=O) groups excluding carboxylic acids is 1. The number of fused-ring (bicyclic) bond motifs is 2. The van der Waals surface area contributed by atoms with Gasteiger partial charge in [-0.05, 0) is 48.6 Å². The van der Waals surface area contributed by atoms with Crippen LogP contribution in [0, 0.1) is 5.82 Å². The van der Waals surface area contributed by atoms with Gasteiger partial charge in [0.1, 0.15) is 17.4 Å². The molecule has 0 radical (unpaired) electrons. The molecule has 9 heteroatoms. The summed E-state index contributed by atoms with van der Waals surface area (Å²) in [6.07, 6.45) is 19.2. The molecular formula is C31H30FN5O3. The number of rotatable bonds is 7. The highest BCUT2D eigenvalue weighted by Gasteiger charge is 2.28. The molecule has 8 nitrogen and oxygen atoms in total. The van der Waals surface area contributed by atoms with Crippen LogP contribution in [-0.2, 0) is 11.2 Å². The number of carboxylic acid groups (broad SMARTS) is 1. The monoisotopic (exact) mass is 539 g/mol. The summed E-state index contributed by atoms with van der Waals surface area (Å²) in [5.74, 6) is -1.77. The average molecular weight is 540 g/mol. The van der Waals surface area contributed by atoms with Crippen LogP contribution in [0.2, 0.25) is 0 Å². The Labute approximate surface area is 230 Å². The van der Waals surface area contributed by atoms with Crippen LogP contribution in [0.1, 0.15) is 77.3 Å². The second-order valence-electron chi connectivity index (χ2n) is 10.4. The molecule has 1 atom stereocenters. The van der Waals surface area contributed by atoms with E-state index in [0.717, 1.165) is 65.7 Å². The Bertz CT molecular complexity index is 1630. The zero-order chi connectivity index (χ0) is 27.6. The molecule has 1 aromatic carbocycles. The number of aliphatic carboxylic acids is 1. The largest absolute Gasteiger partial charge is 0.480 e. The van der Waals surface area contributed by atoms with Gasteiger partial charge in [0, 0.05) is 41.6 Å². The molecule has 204 valence electrons. The van der Waals surface area contributed by atoms with Crippen LogP contribution in [0.3, 0.4) is 0 Å². The van der Waals surface area contributed by atoms with Gasteiger partial charge in [0.15, 0.2) is 5.65 Å². The fourth-order valence-corrected chi connectivity index (χ4v) is 5.83. The number of aromatic amines is 1. The number of hydrogen-bond acceptors (Lipinski definition) is 4. The lowest BCUT2D eigenvalue weighted by Gasteiger charge is -2.25. The number of halogens is 1. The molecule has 2 aliphatic rings. The molecule has 0 bridgehead atoms. The first-order valence-electron chi connectivity index (χ1n) is 13.7. The van der Waals surface area contributed by atoms with Crippen molar-refractivity contribution in [1.29, 1.82) is 0 Å². The predicted octanol–water partition coefficient (Wildman–Crippen LogP) is 5.77. The Morgan fingerprint density at radius 3 is 2.65 bits per heavy atom. The highest BCUT2D eigenvalue weighted by molar-refractivity contribution is 6.01. The van der Waals surface area contributed by atoms with E-state index in [9.17, 15) is 19.1 Å². The first kappa shape index (κ1) is 25.7. The standard InChI is InChI=1S/C31H30FN5O3/c32-22-13-11-19(12-14-22)24-17-34-29-25(18-35-37(29)28(24)20-7-3-1-4-8-20)30(38)36-27(31(39)40)15-21-16-33-26-10-6-2-5-9-23(21)26/h5-6,9-14,16-18,20,27,33H,1-4,7-8,15H2,(H,36,38)(H,39,40)/t27-/m0/s1. The van der Waals surface area contributed by atoms with Crippen LogP contribution >= 0.6 is 0 Å². The lowest BCUT2D eigenvalue weighted by molar-refractivity contribution is -0.139. The van der Waals surface area contributed by atoms with Crippen LogP contribution in [0.25, 0.3) is 28.9 Å². The number of amides is 1. The molecule has 3 N–H and O–H groups in total. The lowest BCUT2D eigenvalue weighted by atomic mass is 9.84. The number of allylic oxidation sites excluding steroid dienone is 2. The zero-order valence-electron chi connectivity index (χ0n) is 21.9. The Hall–Kier alpha value is -4.53. The molecule has 0 saturated heterocycles. The molecule has 40 heavy (non-hydrogen) atoms. The minimum Gasteiger partial charge on any atom is -0.480 e. The number of aromatic nitrogens is 4. The topological polar surface area (TPSA) is 112 Å². The van der Waals surface area contributed by atoms with Crippen molar-refractivity contribution in [1.82, 2.24) is 24.9 Å². The average Bonchev–Trinajstić information content (AvgIpc) is 3.49. The van der Waals surface area contributed by atoms with E-state index in [0.29, 0.717) is 5.65 Å². The van der Waals surface area contributed by atoms with Crippen LogP contribution in [0.5, 0.6) is 0 Å². The zero-order valence-corrected chi connectivity index (χ0v) is 21.9. The van der Waals surface area contributed by atoms with E-state index in [2.05, 4.69) is 20.4 Å². The molecule has 0 aliphatic heterocycles. The van der Waals surface area contributed by atoms with E-state index < -0.39 is 17.9 Å². The van der Waals surface area contributed by atoms with E-state index in [1.54, 1.807) is 29.0 Å². The summed E-state index contributed by atoms with van der Waals surface area (Å²) in [5, 5.41) is 17.2. The van der Waals surface area contributed by atoms with Crippen LogP contribution in [0.4, 0.5) is 4.39 Å². The second kappa shape index (κ2) is 10.9. The fourth-order valence-electron chi connectivity index (χ4n) is 5.83. The van der Waals surface area contributed by atoms with Gasteiger partial charge in [0.2, 0.25) is 0 Å². The normalized spacial score (nSPS) is 16.0. The van der Waals surface area contributed by atoms with E-state index in [-0.39, 0.29) is 23.7 Å². The molecule has 0 spiro atoms. The first-order chi connectivity index (χ1) is 19.5. The van der Waals surface area contributed by atoms with E-state index in [1.807, 2.05) is 24.3 Å². The third kappa shape index (κ3) is 4.95. The SMILES string of the molecule is O=C(N[C@@H](Cc1c[nH]c2c1C=CCC=C2)C(=O)O)c1cnn2c(C3CCCCC3)c(-c3ccc(F)cc3)cnc12. The maximum Gasteiger partial charge on any atom is 0.326 e. The predicted molar refractivity (Wildman–Crippen MR) is 150 cm³/mol. The van der Waals surface area contributed by atoms with Crippen molar-refractivity contribution >= 4 is 29.7 Å². The Kier molecular flexibility index (Phi) is 7.02. The van der Waals surface area contributed by atoms with Crippen molar-refractivity contribution in [2.75, 3.05) is 0 Å². The van der Waals surface area contributed by atoms with Crippen LogP contribution in [-0.4, -0.2) is 42.6 Å². The lowest BCUT2D eigenvalue weighted by Crippen LogP contribution is -2.42. The molecule has 3 aromatic heterocycles. The summed E-state index contributed by atoms with van der Waals surface area (Å²) in [7, 11) is 0. The van der Waals surface area contributed by atoms with Gasteiger partial charge in [-0.1, -0.05) is 49.6 Å². The number of hydrogen-bond donors (Lipinski definition) is 3. The third-order valence-electron chi connectivity index (χ3n) is 7.86. The van der Waals surface area contributed by atoms with Gasteiger partial charge in [0.05, 0.1) is 11.9 Å². The molecule has 1 saturated carbocycles. The maximum atomic E-state index is 13.7. The first-order valence-corrected chi connectivity index (χ1v) is 13.7. The van der Waals surface area contributed by atoms with Crippen molar-refractivity contribution in [2.24, 2.45) is 0 Å². The van der Waals surface area contributed by atoms with Gasteiger partial charge < -0.3 is 15.4 Å². The number of nitrogens with zero attached hydrogens (tertiary/aromatic N) is 3. The number of carboxylic acids is 1. The molecule has 0 unspecified atom stereocenters. The number of benzene rings is 1. The molecule has 2 aliphatic carbocycles. The van der Waals surface area contributed by atoms with Gasteiger partial charge >= 0.3 is 5.97 Å². The molecule has 6 rings (SSSR count). The van der Waals surface area contributed by atoms with Crippen molar-refractivity contribution in [3.63, 3.8) is 0 Å². The summed E-state index contributed by atoms with van der Waals surface area (Å²) in [6.45, 7) is 0. The van der Waals surface area contributed by atoms with Crippen LogP contribution in [0.15, 0.2) is 55.0 Å². The minimum atomic E-state index is -1.14. The minimum absolute atomic E-state index is 0.125. The van der Waals surface area contributed by atoms with Crippen molar-refractivity contribution < 1.29 is 19.1 Å². The summed E-state index contributed by atoms with van der Waals surface area (Å²) in [6, 6.07) is 5.16. The van der Waals surface area contributed by atoms with E-state index in [4.69, 9.17) is 0 Å². The number of carbonyl (C=O) groups is 2. The molecule has 4 aromatic rings. The molecule has 3 heterocycles. The molecule has 1 fully saturated rings. The van der Waals surface area contributed by atoms with Crippen molar-refractivity contribution in [2.45, 2.75) is 56.9 Å². The van der Waals surface area contributed by atoms with Gasteiger partial charge in [-0.2, -0.15) is 5.10 Å². The molecular weight excluding hydrogens is 509 g/mol. The van der Waals surface area contributed by atoms with Crippen LogP contribution < -0.4 is 5.32 Å². The third-order valence-corrected chi connectivity index (χ3v) is 7.86. The second-order valence-corrected chi connectivity index (χ2v) is 10.4. The highest BCUT2D eigenvalue weighted by atomic mass is 19.1. The van der Waals surface area contributed by atoms with E-state index in [1.165, 1.54) is 24.8 Å². The number of H-pyrrole nitrogens is 1. The summed E-state index contributed by atoms with van der Waals surface area (Å²) in [4.78, 5) is 33.4. The fraction of sp³-hybridized carbons (Fsp3) is 0.290. The van der Waals surface area contributed by atoms with Crippen molar-refractivity contribution in [3.05, 3.63) is 88.9 Å². The maximum absolute atomic E-state index is 13.7. The van der Waals surface area contributed by atoms with Gasteiger partial charge in [-0.3, -0.25) is 4.79 Å². The Balaban J connectivity index is 1.33. The van der Waals surface area contributed by atoms with Gasteiger partial charge in [-0.25, -0.2) is 18.7 Å². The quantitative estimate of drug-likeness (QED) is 0.276. The summed E-state index contributed by atoms with van der Waals surface area (Å²) < 4.78 is 15.4. The number of nitrogens with one attached hydrogen (secondary N) is 2. The van der Waals surface area contributed by atoms with Gasteiger partial charge in [-0.15, -0.1) is 0 Å². The Morgan fingerprint density at radius 1 is 1.10 bits per heavy atom. The smallest absolute Gasteiger partial charge is 0.326 e. The molecule has 1 amide bonds. The summed E-state index contributed by atoms with van der Waals surface area (Å²) in [5.41, 5.74) is 5.87.